The average molecular weight is 376 g/mol. The lowest BCUT2D eigenvalue weighted by Gasteiger charge is -2.56. The number of ether oxygens (including phenoxy) is 1. The van der Waals surface area contributed by atoms with Crippen molar-refractivity contribution >= 4 is 17.8 Å². The van der Waals surface area contributed by atoms with Crippen molar-refractivity contribution in [1.82, 2.24) is 10.2 Å². The van der Waals surface area contributed by atoms with Crippen LogP contribution in [-0.4, -0.2) is 47.9 Å². The highest BCUT2D eigenvalue weighted by Crippen LogP contribution is 2.60. The van der Waals surface area contributed by atoms with Crippen molar-refractivity contribution < 1.29 is 19.1 Å². The number of carbonyl (C=O) groups is 3. The van der Waals surface area contributed by atoms with E-state index < -0.39 is 18.1 Å². The molecule has 5 fully saturated rings. The molecular weight excluding hydrogens is 344 g/mol. The van der Waals surface area contributed by atoms with Crippen LogP contribution in [0.25, 0.3) is 0 Å². The summed E-state index contributed by atoms with van der Waals surface area (Å²) >= 11 is 0. The molecule has 1 aliphatic heterocycles. The Labute approximate surface area is 161 Å². The molecule has 0 aromatic rings. The minimum atomic E-state index is -0.824. The van der Waals surface area contributed by atoms with Gasteiger partial charge in [0.2, 0.25) is 5.91 Å². The third kappa shape index (κ3) is 3.36. The summed E-state index contributed by atoms with van der Waals surface area (Å²) in [5.74, 6) is 1.57. The molecule has 0 spiro atoms. The first-order chi connectivity index (χ1) is 12.9. The highest BCUT2D eigenvalue weighted by molar-refractivity contribution is 5.90. The van der Waals surface area contributed by atoms with Crippen molar-refractivity contribution in [3.63, 3.8) is 0 Å². The van der Waals surface area contributed by atoms with Gasteiger partial charge in [0, 0.05) is 13.1 Å². The van der Waals surface area contributed by atoms with Gasteiger partial charge in [0.1, 0.15) is 6.04 Å². The van der Waals surface area contributed by atoms with Crippen LogP contribution in [0, 0.1) is 23.2 Å². The van der Waals surface area contributed by atoms with Gasteiger partial charge < -0.3 is 15.0 Å². The molecule has 6 nitrogen and oxygen atoms in total. The standard InChI is InChI=1S/C21H32N2O4/c1-3-22-18(24)13(2)27-19(25)17-5-4-6-23(17)20(26)21-10-14-7-15(11-21)9-16(8-14)12-21/h13-17H,3-12H2,1-2H3,(H,22,24)/t13-,14?,15?,16?,17-,21?/m0/s1. The zero-order valence-electron chi connectivity index (χ0n) is 16.5. The van der Waals surface area contributed by atoms with Crippen LogP contribution in [0.3, 0.4) is 0 Å². The van der Waals surface area contributed by atoms with E-state index in [-0.39, 0.29) is 17.2 Å². The van der Waals surface area contributed by atoms with Crippen LogP contribution in [0.4, 0.5) is 0 Å². The third-order valence-corrected chi connectivity index (χ3v) is 7.29. The molecule has 27 heavy (non-hydrogen) atoms. The Kier molecular flexibility index (Phi) is 4.93. The number of rotatable bonds is 5. The Hall–Kier alpha value is -1.59. The van der Waals surface area contributed by atoms with E-state index in [2.05, 4.69) is 5.32 Å². The zero-order valence-corrected chi connectivity index (χ0v) is 16.5. The van der Waals surface area contributed by atoms with Crippen LogP contribution >= 0.6 is 0 Å². The monoisotopic (exact) mass is 376 g/mol. The van der Waals surface area contributed by atoms with Crippen molar-refractivity contribution in [2.45, 2.75) is 77.4 Å². The molecular formula is C21H32N2O4. The normalized spacial score (nSPS) is 37.9. The molecule has 4 saturated carbocycles. The number of nitrogens with zero attached hydrogens (tertiary/aromatic N) is 1. The zero-order chi connectivity index (χ0) is 19.2. The highest BCUT2D eigenvalue weighted by Gasteiger charge is 2.57. The average Bonchev–Trinajstić information content (AvgIpc) is 3.09. The number of likely N-dealkylation sites (tertiary alicyclic amines) is 1. The lowest BCUT2D eigenvalue weighted by molar-refractivity contribution is -0.168. The van der Waals surface area contributed by atoms with Gasteiger partial charge in [-0.25, -0.2) is 4.79 Å². The summed E-state index contributed by atoms with van der Waals surface area (Å²) in [6.07, 6.45) is 7.54. The summed E-state index contributed by atoms with van der Waals surface area (Å²) in [4.78, 5) is 39.9. The first kappa shape index (κ1) is 18.8. The lowest BCUT2D eigenvalue weighted by atomic mass is 9.49. The van der Waals surface area contributed by atoms with Crippen molar-refractivity contribution in [1.29, 1.82) is 0 Å². The van der Waals surface area contributed by atoms with Gasteiger partial charge in [-0.05, 0) is 83.0 Å². The molecule has 2 atom stereocenters. The third-order valence-electron chi connectivity index (χ3n) is 7.29. The van der Waals surface area contributed by atoms with Crippen LogP contribution < -0.4 is 5.32 Å². The van der Waals surface area contributed by atoms with Gasteiger partial charge in [-0.2, -0.15) is 0 Å². The molecule has 6 heteroatoms. The predicted octanol–water partition coefficient (Wildman–Crippen LogP) is 2.26. The molecule has 0 unspecified atom stereocenters. The number of carbonyl (C=O) groups excluding carboxylic acids is 3. The van der Waals surface area contributed by atoms with E-state index >= 15 is 0 Å². The van der Waals surface area contributed by atoms with Crippen LogP contribution in [0.15, 0.2) is 0 Å². The van der Waals surface area contributed by atoms with Crippen LogP contribution in [0.1, 0.15) is 65.2 Å². The Bertz CT molecular complexity index is 596. The van der Waals surface area contributed by atoms with E-state index in [1.54, 1.807) is 11.8 Å². The maximum Gasteiger partial charge on any atom is 0.329 e. The smallest absolute Gasteiger partial charge is 0.329 e. The summed E-state index contributed by atoms with van der Waals surface area (Å²) in [6.45, 7) is 4.55. The van der Waals surface area contributed by atoms with Crippen LogP contribution in [0.5, 0.6) is 0 Å². The molecule has 1 N–H and O–H groups in total. The minimum absolute atomic E-state index is 0.187. The van der Waals surface area contributed by atoms with E-state index in [1.807, 2.05) is 6.92 Å². The quantitative estimate of drug-likeness (QED) is 0.747. The summed E-state index contributed by atoms with van der Waals surface area (Å²) in [5, 5.41) is 2.67. The van der Waals surface area contributed by atoms with Crippen molar-refractivity contribution in [3.05, 3.63) is 0 Å². The second kappa shape index (κ2) is 7.10. The Morgan fingerprint density at radius 1 is 1.11 bits per heavy atom. The topological polar surface area (TPSA) is 75.7 Å². The molecule has 0 aromatic heterocycles. The highest BCUT2D eigenvalue weighted by atomic mass is 16.5. The van der Waals surface area contributed by atoms with E-state index in [9.17, 15) is 14.4 Å². The van der Waals surface area contributed by atoms with Gasteiger partial charge in [0.05, 0.1) is 5.41 Å². The molecule has 1 saturated heterocycles. The van der Waals surface area contributed by atoms with Gasteiger partial charge in [-0.1, -0.05) is 0 Å². The second-order valence-corrected chi connectivity index (χ2v) is 9.33. The number of hydrogen-bond acceptors (Lipinski definition) is 4. The maximum atomic E-state index is 13.6. The molecule has 2 amide bonds. The molecule has 4 aliphatic carbocycles. The number of esters is 1. The van der Waals surface area contributed by atoms with Crippen LogP contribution in [0.2, 0.25) is 0 Å². The molecule has 5 rings (SSSR count). The lowest BCUT2D eigenvalue weighted by Crippen LogP contribution is -2.56. The molecule has 0 aromatic carbocycles. The molecule has 4 bridgehead atoms. The van der Waals surface area contributed by atoms with Crippen molar-refractivity contribution in [2.75, 3.05) is 13.1 Å². The summed E-state index contributed by atoms with van der Waals surface area (Å²) in [5.41, 5.74) is -0.233. The summed E-state index contributed by atoms with van der Waals surface area (Å²) < 4.78 is 5.40. The number of likely N-dealkylation sites (N-methyl/N-ethyl adjacent to an activating group) is 1. The van der Waals surface area contributed by atoms with Crippen molar-refractivity contribution in [3.8, 4) is 0 Å². The van der Waals surface area contributed by atoms with Gasteiger partial charge in [0.15, 0.2) is 6.10 Å². The Morgan fingerprint density at radius 3 is 2.26 bits per heavy atom. The molecule has 5 aliphatic rings. The largest absolute Gasteiger partial charge is 0.451 e. The molecule has 0 radical (unpaired) electrons. The molecule has 1 heterocycles. The van der Waals surface area contributed by atoms with E-state index in [4.69, 9.17) is 4.74 Å². The van der Waals surface area contributed by atoms with E-state index in [0.29, 0.717) is 37.3 Å². The van der Waals surface area contributed by atoms with Crippen molar-refractivity contribution in [2.24, 2.45) is 23.2 Å². The Balaban J connectivity index is 1.44. The van der Waals surface area contributed by atoms with E-state index in [0.717, 1.165) is 25.7 Å². The van der Waals surface area contributed by atoms with E-state index in [1.165, 1.54) is 19.3 Å². The maximum absolute atomic E-state index is 13.6. The van der Waals surface area contributed by atoms with Gasteiger partial charge >= 0.3 is 5.97 Å². The van der Waals surface area contributed by atoms with Gasteiger partial charge in [-0.3, -0.25) is 9.59 Å². The number of hydrogen-bond donors (Lipinski definition) is 1. The Morgan fingerprint density at radius 2 is 1.70 bits per heavy atom. The fraction of sp³-hybridized carbons (Fsp3) is 0.857. The first-order valence-corrected chi connectivity index (χ1v) is 10.7. The summed E-state index contributed by atoms with van der Waals surface area (Å²) in [7, 11) is 0. The SMILES string of the molecule is CCNC(=O)[C@H](C)OC(=O)[C@@H]1CCCN1C(=O)C12CC3CC(CC(C3)C1)C2. The van der Waals surface area contributed by atoms with Gasteiger partial charge in [0.25, 0.3) is 5.91 Å². The summed E-state index contributed by atoms with van der Waals surface area (Å²) in [6, 6.07) is -0.526. The predicted molar refractivity (Wildman–Crippen MR) is 99.6 cm³/mol. The fourth-order valence-electron chi connectivity index (χ4n) is 6.56. The number of nitrogens with one attached hydrogen (secondary N) is 1. The second-order valence-electron chi connectivity index (χ2n) is 9.33. The fourth-order valence-corrected chi connectivity index (χ4v) is 6.56. The van der Waals surface area contributed by atoms with Crippen LogP contribution in [-0.2, 0) is 19.1 Å². The minimum Gasteiger partial charge on any atom is -0.451 e. The molecule has 150 valence electrons. The van der Waals surface area contributed by atoms with Gasteiger partial charge in [-0.15, -0.1) is 0 Å². The first-order valence-electron chi connectivity index (χ1n) is 10.7. The number of amides is 2.